The minimum atomic E-state index is -4.01. The lowest BCUT2D eigenvalue weighted by atomic mass is 9.90. The van der Waals surface area contributed by atoms with E-state index in [4.69, 9.17) is 4.74 Å². The third kappa shape index (κ3) is 7.18. The molecule has 1 atom stereocenters. The van der Waals surface area contributed by atoms with Crippen LogP contribution in [0.4, 0.5) is 5.95 Å². The molecular weight excluding hydrogens is 524 g/mol. The van der Waals surface area contributed by atoms with Crippen molar-refractivity contribution in [1.82, 2.24) is 14.9 Å². The van der Waals surface area contributed by atoms with Gasteiger partial charge in [-0.2, -0.15) is 4.98 Å². The fraction of sp³-hybridized carbons (Fsp3) is 0.452. The number of amides is 1. The first-order valence-corrected chi connectivity index (χ1v) is 15.2. The van der Waals surface area contributed by atoms with Crippen molar-refractivity contribution in [1.29, 1.82) is 0 Å². The maximum atomic E-state index is 13.7. The molecule has 9 heteroatoms. The molecule has 4 bridgehead atoms. The number of ether oxygens (including phenoxy) is 1. The zero-order chi connectivity index (χ0) is 29.2. The third-order valence-electron chi connectivity index (χ3n) is 6.84. The van der Waals surface area contributed by atoms with E-state index in [0.717, 1.165) is 22.3 Å². The molecule has 0 spiro atoms. The minimum Gasteiger partial charge on any atom is -0.475 e. The molecule has 0 saturated heterocycles. The van der Waals surface area contributed by atoms with Crippen LogP contribution in [0.3, 0.4) is 0 Å². The molecule has 3 aromatic rings. The molecule has 4 rings (SSSR count). The molecule has 0 aliphatic carbocycles. The Bertz CT molecular complexity index is 1480. The number of hydrogen-bond acceptors (Lipinski definition) is 6. The largest absolute Gasteiger partial charge is 0.475 e. The van der Waals surface area contributed by atoms with Crippen molar-refractivity contribution in [2.24, 2.45) is 11.3 Å². The SMILES string of the molecule is Cc1cccc(C)c1-c1cc2nc(n1)NS(=O)(=O)c1cccc(c1)CN(C(=O)CC(C)(C)C)[C@H](CC(C)C)CO2. The smallest absolute Gasteiger partial charge is 0.264 e. The summed E-state index contributed by atoms with van der Waals surface area (Å²) in [4.78, 5) is 24.7. The predicted molar refractivity (Wildman–Crippen MR) is 158 cm³/mol. The summed E-state index contributed by atoms with van der Waals surface area (Å²) in [5.41, 5.74) is 3.96. The van der Waals surface area contributed by atoms with Crippen LogP contribution >= 0.6 is 0 Å². The van der Waals surface area contributed by atoms with Crippen LogP contribution in [0.2, 0.25) is 0 Å². The molecule has 0 radical (unpaired) electrons. The number of sulfonamides is 1. The van der Waals surface area contributed by atoms with Crippen LogP contribution in [-0.2, 0) is 21.4 Å². The van der Waals surface area contributed by atoms with E-state index in [0.29, 0.717) is 24.5 Å². The molecule has 1 aliphatic heterocycles. The number of rotatable bonds is 4. The number of anilines is 1. The van der Waals surface area contributed by atoms with Crippen molar-refractivity contribution in [3.8, 4) is 17.1 Å². The molecule has 8 nitrogen and oxygen atoms in total. The van der Waals surface area contributed by atoms with Crippen LogP contribution < -0.4 is 9.46 Å². The number of benzene rings is 2. The number of fused-ring (bicyclic) bond motifs is 4. The van der Waals surface area contributed by atoms with Crippen molar-refractivity contribution in [3.63, 3.8) is 0 Å². The number of nitrogens with zero attached hydrogens (tertiary/aromatic N) is 3. The second-order valence-corrected chi connectivity index (χ2v) is 14.0. The highest BCUT2D eigenvalue weighted by atomic mass is 32.2. The Morgan fingerprint density at radius 1 is 1.07 bits per heavy atom. The molecule has 40 heavy (non-hydrogen) atoms. The molecule has 1 N–H and O–H groups in total. The second-order valence-electron chi connectivity index (χ2n) is 12.3. The first-order valence-electron chi connectivity index (χ1n) is 13.7. The maximum Gasteiger partial charge on any atom is 0.264 e. The lowest BCUT2D eigenvalue weighted by molar-refractivity contribution is -0.137. The van der Waals surface area contributed by atoms with Gasteiger partial charge in [0.1, 0.15) is 6.61 Å². The van der Waals surface area contributed by atoms with Gasteiger partial charge in [-0.25, -0.2) is 18.1 Å². The van der Waals surface area contributed by atoms with Crippen molar-refractivity contribution < 1.29 is 17.9 Å². The monoisotopic (exact) mass is 564 g/mol. The highest BCUT2D eigenvalue weighted by Gasteiger charge is 2.30. The molecule has 1 aromatic heterocycles. The van der Waals surface area contributed by atoms with Crippen molar-refractivity contribution >= 4 is 21.9 Å². The normalized spacial score (nSPS) is 17.2. The van der Waals surface area contributed by atoms with Gasteiger partial charge in [-0.15, -0.1) is 0 Å². The molecule has 214 valence electrons. The van der Waals surface area contributed by atoms with Gasteiger partial charge in [-0.3, -0.25) is 4.79 Å². The van der Waals surface area contributed by atoms with E-state index in [1.165, 1.54) is 6.07 Å². The summed E-state index contributed by atoms with van der Waals surface area (Å²) in [6, 6.07) is 14.1. The second kappa shape index (κ2) is 11.6. The zero-order valence-corrected chi connectivity index (χ0v) is 25.3. The number of aromatic nitrogens is 2. The van der Waals surface area contributed by atoms with Gasteiger partial charge in [0.05, 0.1) is 16.6 Å². The Morgan fingerprint density at radius 2 is 1.75 bits per heavy atom. The Morgan fingerprint density at radius 3 is 2.40 bits per heavy atom. The van der Waals surface area contributed by atoms with E-state index in [1.54, 1.807) is 18.2 Å². The van der Waals surface area contributed by atoms with Crippen LogP contribution in [0.5, 0.6) is 5.88 Å². The number of hydrogen-bond donors (Lipinski definition) is 1. The molecule has 0 fully saturated rings. The Hall–Kier alpha value is -3.46. The van der Waals surface area contributed by atoms with Gasteiger partial charge in [-0.1, -0.05) is 65.0 Å². The van der Waals surface area contributed by atoms with Crippen molar-refractivity contribution in [2.45, 2.75) is 78.8 Å². The average molecular weight is 565 g/mol. The van der Waals surface area contributed by atoms with Crippen LogP contribution in [0.15, 0.2) is 53.4 Å². The lowest BCUT2D eigenvalue weighted by Gasteiger charge is -2.35. The Kier molecular flexibility index (Phi) is 8.54. The Labute approximate surface area is 238 Å². The highest BCUT2D eigenvalue weighted by molar-refractivity contribution is 7.92. The minimum absolute atomic E-state index is 0.00241. The fourth-order valence-corrected chi connectivity index (χ4v) is 6.08. The molecule has 2 aromatic carbocycles. The third-order valence-corrected chi connectivity index (χ3v) is 8.16. The van der Waals surface area contributed by atoms with Gasteiger partial charge in [0, 0.05) is 24.6 Å². The first-order chi connectivity index (χ1) is 18.7. The molecule has 0 unspecified atom stereocenters. The predicted octanol–water partition coefficient (Wildman–Crippen LogP) is 6.13. The quantitative estimate of drug-likeness (QED) is 0.409. The number of carbonyl (C=O) groups excluding carboxylic acids is 1. The molecule has 1 amide bonds. The Balaban J connectivity index is 1.88. The molecule has 2 heterocycles. The van der Waals surface area contributed by atoms with Crippen molar-refractivity contribution in [2.75, 3.05) is 11.3 Å². The van der Waals surface area contributed by atoms with Gasteiger partial charge < -0.3 is 9.64 Å². The standard InChI is InChI=1S/C31H40N4O4S/c1-20(2)14-24-19-39-27-16-26(29-21(3)10-8-11-22(29)4)32-30(33-27)34-40(37,38)25-13-9-12-23(15-25)18-35(24)28(36)17-31(5,6)7/h8-13,15-16,20,24H,14,17-19H2,1-7H3,(H,32,33,34)/t24-/m1/s1. The summed E-state index contributed by atoms with van der Waals surface area (Å²) in [6.07, 6.45) is 1.07. The van der Waals surface area contributed by atoms with Gasteiger partial charge in [0.2, 0.25) is 17.7 Å². The molecule has 1 aliphatic rings. The highest BCUT2D eigenvalue weighted by Crippen LogP contribution is 2.31. The summed E-state index contributed by atoms with van der Waals surface area (Å²) in [5.74, 6) is 0.477. The van der Waals surface area contributed by atoms with E-state index in [1.807, 2.05) is 63.8 Å². The summed E-state index contributed by atoms with van der Waals surface area (Å²) < 4.78 is 35.7. The van der Waals surface area contributed by atoms with Gasteiger partial charge in [0.25, 0.3) is 10.0 Å². The first kappa shape index (κ1) is 29.5. The summed E-state index contributed by atoms with van der Waals surface area (Å²) in [6.45, 7) is 14.8. The van der Waals surface area contributed by atoms with E-state index >= 15 is 0 Å². The van der Waals surface area contributed by atoms with Crippen LogP contribution in [-0.4, -0.2) is 41.8 Å². The van der Waals surface area contributed by atoms with Crippen LogP contribution in [0.1, 0.15) is 64.2 Å². The zero-order valence-electron chi connectivity index (χ0n) is 24.5. The average Bonchev–Trinajstić information content (AvgIpc) is 2.83. The number of nitrogens with one attached hydrogen (secondary N) is 1. The summed E-state index contributed by atoms with van der Waals surface area (Å²) in [7, 11) is -4.01. The van der Waals surface area contributed by atoms with Crippen LogP contribution in [0, 0.1) is 25.2 Å². The number of aryl methyl sites for hydroxylation is 2. The van der Waals surface area contributed by atoms with E-state index in [-0.39, 0.29) is 47.2 Å². The lowest BCUT2D eigenvalue weighted by Crippen LogP contribution is -2.45. The fourth-order valence-electron chi connectivity index (χ4n) is 5.07. The van der Waals surface area contributed by atoms with E-state index in [9.17, 15) is 13.2 Å². The molecule has 0 saturated carbocycles. The van der Waals surface area contributed by atoms with Crippen LogP contribution in [0.25, 0.3) is 11.3 Å². The van der Waals surface area contributed by atoms with E-state index in [2.05, 4.69) is 28.5 Å². The maximum absolute atomic E-state index is 13.7. The summed E-state index contributed by atoms with van der Waals surface area (Å²) >= 11 is 0. The van der Waals surface area contributed by atoms with Gasteiger partial charge >= 0.3 is 0 Å². The molecular formula is C31H40N4O4S. The van der Waals surface area contributed by atoms with Crippen molar-refractivity contribution in [3.05, 3.63) is 65.2 Å². The van der Waals surface area contributed by atoms with Gasteiger partial charge in [0.15, 0.2) is 0 Å². The number of carbonyl (C=O) groups is 1. The van der Waals surface area contributed by atoms with Gasteiger partial charge in [-0.05, 0) is 60.4 Å². The topological polar surface area (TPSA) is 101 Å². The van der Waals surface area contributed by atoms with E-state index < -0.39 is 10.0 Å². The summed E-state index contributed by atoms with van der Waals surface area (Å²) in [5, 5.41) is 0.